The summed E-state index contributed by atoms with van der Waals surface area (Å²) in [4.78, 5) is 12.3. The van der Waals surface area contributed by atoms with Crippen LogP contribution in [0.4, 0.5) is 14.5 Å². The van der Waals surface area contributed by atoms with Gasteiger partial charge in [0.05, 0.1) is 10.5 Å². The fraction of sp³-hybridized carbons (Fsp3) is 0.409. The van der Waals surface area contributed by atoms with Crippen molar-refractivity contribution in [2.24, 2.45) is 17.8 Å². The summed E-state index contributed by atoms with van der Waals surface area (Å²) >= 11 is 0. The molecule has 160 valence electrons. The summed E-state index contributed by atoms with van der Waals surface area (Å²) in [5.41, 5.74) is -0.142. The number of amides is 1. The highest BCUT2D eigenvalue weighted by Gasteiger charge is 2.42. The van der Waals surface area contributed by atoms with Crippen molar-refractivity contribution in [3.63, 3.8) is 0 Å². The van der Waals surface area contributed by atoms with Crippen LogP contribution in [0.25, 0.3) is 0 Å². The molecule has 2 aliphatic carbocycles. The van der Waals surface area contributed by atoms with Crippen molar-refractivity contribution in [3.8, 4) is 0 Å². The number of carbonyl (C=O) groups is 1. The van der Waals surface area contributed by atoms with Gasteiger partial charge < -0.3 is 5.32 Å². The molecule has 4 atom stereocenters. The number of hydrogen-bond acceptors (Lipinski definition) is 3. The highest BCUT2D eigenvalue weighted by Crippen LogP contribution is 2.49. The van der Waals surface area contributed by atoms with E-state index >= 15 is 0 Å². The molecule has 2 N–H and O–H groups in total. The first-order valence-electron chi connectivity index (χ1n) is 10.1. The van der Waals surface area contributed by atoms with Crippen LogP contribution in [-0.4, -0.2) is 20.4 Å². The van der Waals surface area contributed by atoms with Crippen LogP contribution in [0.1, 0.15) is 43.0 Å². The fourth-order valence-electron chi connectivity index (χ4n) is 4.89. The van der Waals surface area contributed by atoms with E-state index in [0.29, 0.717) is 11.8 Å². The molecule has 0 aliphatic heterocycles. The summed E-state index contributed by atoms with van der Waals surface area (Å²) in [6, 6.07) is 8.09. The van der Waals surface area contributed by atoms with Crippen molar-refractivity contribution in [2.45, 2.75) is 43.5 Å². The standard InChI is InChI=1S/C22H24F2N2O3S/c1-13(19-11-14-2-3-15(19)10-14)26-30(28,29)18-7-5-17(6-8-18)25-22(27)20-12-16(23)4-9-21(20)24/h4-9,12-15,19,26H,2-3,10-11H2,1H3,(H,25,27). The van der Waals surface area contributed by atoms with E-state index in [0.717, 1.165) is 30.5 Å². The molecule has 5 nitrogen and oxygen atoms in total. The highest BCUT2D eigenvalue weighted by molar-refractivity contribution is 7.89. The van der Waals surface area contributed by atoms with E-state index in [1.807, 2.05) is 6.92 Å². The van der Waals surface area contributed by atoms with Gasteiger partial charge >= 0.3 is 0 Å². The number of anilines is 1. The molecule has 0 aromatic heterocycles. The van der Waals surface area contributed by atoms with Crippen LogP contribution in [0.5, 0.6) is 0 Å². The van der Waals surface area contributed by atoms with Gasteiger partial charge in [0.2, 0.25) is 10.0 Å². The number of benzene rings is 2. The molecular weight excluding hydrogens is 410 g/mol. The van der Waals surface area contributed by atoms with Gasteiger partial charge in [-0.3, -0.25) is 4.79 Å². The molecule has 30 heavy (non-hydrogen) atoms. The van der Waals surface area contributed by atoms with Gasteiger partial charge in [0.15, 0.2) is 0 Å². The van der Waals surface area contributed by atoms with E-state index in [1.54, 1.807) is 0 Å². The first-order chi connectivity index (χ1) is 14.2. The van der Waals surface area contributed by atoms with Gasteiger partial charge in [-0.15, -0.1) is 0 Å². The number of hydrogen-bond donors (Lipinski definition) is 2. The minimum Gasteiger partial charge on any atom is -0.322 e. The fourth-order valence-corrected chi connectivity index (χ4v) is 6.19. The zero-order chi connectivity index (χ0) is 21.5. The number of sulfonamides is 1. The maximum absolute atomic E-state index is 13.7. The van der Waals surface area contributed by atoms with Crippen LogP contribution in [0, 0.1) is 29.4 Å². The molecule has 2 aliphatic rings. The van der Waals surface area contributed by atoms with Crippen molar-refractivity contribution < 1.29 is 22.0 Å². The predicted octanol–water partition coefficient (Wildman–Crippen LogP) is 4.32. The third-order valence-corrected chi connectivity index (χ3v) is 7.95. The maximum Gasteiger partial charge on any atom is 0.258 e. The summed E-state index contributed by atoms with van der Waals surface area (Å²) in [6.45, 7) is 1.92. The van der Waals surface area contributed by atoms with Gasteiger partial charge in [-0.2, -0.15) is 0 Å². The monoisotopic (exact) mass is 434 g/mol. The summed E-state index contributed by atoms with van der Waals surface area (Å²) < 4.78 is 55.3. The Kier molecular flexibility index (Phi) is 5.63. The van der Waals surface area contributed by atoms with Gasteiger partial charge in [0.25, 0.3) is 5.91 Å². The van der Waals surface area contributed by atoms with E-state index in [4.69, 9.17) is 0 Å². The molecule has 2 aromatic rings. The Balaban J connectivity index is 1.42. The lowest BCUT2D eigenvalue weighted by Gasteiger charge is -2.28. The van der Waals surface area contributed by atoms with Crippen molar-refractivity contribution in [1.82, 2.24) is 4.72 Å². The Morgan fingerprint density at radius 3 is 2.43 bits per heavy atom. The number of halogens is 2. The highest BCUT2D eigenvalue weighted by atomic mass is 32.2. The second-order valence-corrected chi connectivity index (χ2v) is 10.1. The summed E-state index contributed by atoms with van der Waals surface area (Å²) in [7, 11) is -3.70. The molecule has 0 radical (unpaired) electrons. The zero-order valence-corrected chi connectivity index (χ0v) is 17.4. The quantitative estimate of drug-likeness (QED) is 0.711. The van der Waals surface area contributed by atoms with Gasteiger partial charge in [0, 0.05) is 11.7 Å². The third kappa shape index (κ3) is 4.25. The molecule has 2 aromatic carbocycles. The minimum absolute atomic E-state index is 0.0902. The summed E-state index contributed by atoms with van der Waals surface area (Å²) in [5.74, 6) is -0.666. The second-order valence-electron chi connectivity index (χ2n) is 8.35. The number of nitrogens with one attached hydrogen (secondary N) is 2. The van der Waals surface area contributed by atoms with Crippen LogP contribution >= 0.6 is 0 Å². The van der Waals surface area contributed by atoms with Gasteiger partial charge in [-0.1, -0.05) is 6.42 Å². The lowest BCUT2D eigenvalue weighted by molar-refractivity contribution is 0.102. The van der Waals surface area contributed by atoms with Gasteiger partial charge in [-0.05, 0) is 86.4 Å². The van der Waals surface area contributed by atoms with Crippen molar-refractivity contribution in [1.29, 1.82) is 0 Å². The lowest BCUT2D eigenvalue weighted by atomic mass is 9.84. The molecule has 4 unspecified atom stereocenters. The first kappa shape index (κ1) is 20.9. The molecule has 0 spiro atoms. The first-order valence-corrected chi connectivity index (χ1v) is 11.6. The SMILES string of the molecule is CC(NS(=O)(=O)c1ccc(NC(=O)c2cc(F)ccc2F)cc1)C1CC2CCC1C2. The van der Waals surface area contributed by atoms with Crippen LogP contribution in [0.2, 0.25) is 0 Å². The predicted molar refractivity (Wildman–Crippen MR) is 109 cm³/mol. The van der Waals surface area contributed by atoms with Crippen LogP contribution in [-0.2, 0) is 10.0 Å². The Morgan fingerprint density at radius 2 is 1.80 bits per heavy atom. The Hall–Kier alpha value is -2.32. The summed E-state index contributed by atoms with van der Waals surface area (Å²) in [6.07, 6.45) is 4.72. The number of carbonyl (C=O) groups excluding carboxylic acids is 1. The van der Waals surface area contributed by atoms with E-state index in [2.05, 4.69) is 10.0 Å². The van der Waals surface area contributed by atoms with Crippen molar-refractivity contribution in [3.05, 3.63) is 59.7 Å². The second kappa shape index (κ2) is 8.07. The molecule has 2 bridgehead atoms. The van der Waals surface area contributed by atoms with E-state index in [1.165, 1.54) is 43.5 Å². The van der Waals surface area contributed by atoms with E-state index in [-0.39, 0.29) is 16.6 Å². The molecule has 8 heteroatoms. The third-order valence-electron chi connectivity index (χ3n) is 6.37. The molecular formula is C22H24F2N2O3S. The Bertz CT molecular complexity index is 1060. The Morgan fingerprint density at radius 1 is 1.07 bits per heavy atom. The van der Waals surface area contributed by atoms with Gasteiger partial charge in [-0.25, -0.2) is 21.9 Å². The minimum atomic E-state index is -3.70. The normalized spacial score (nSPS) is 24.0. The summed E-state index contributed by atoms with van der Waals surface area (Å²) in [5, 5.41) is 2.45. The maximum atomic E-state index is 13.7. The van der Waals surface area contributed by atoms with Crippen LogP contribution in [0.3, 0.4) is 0 Å². The lowest BCUT2D eigenvalue weighted by Crippen LogP contribution is -2.40. The van der Waals surface area contributed by atoms with Gasteiger partial charge in [0.1, 0.15) is 11.6 Å². The van der Waals surface area contributed by atoms with Crippen molar-refractivity contribution >= 4 is 21.6 Å². The largest absolute Gasteiger partial charge is 0.322 e. The molecule has 2 fully saturated rings. The van der Waals surface area contributed by atoms with Crippen LogP contribution in [0.15, 0.2) is 47.4 Å². The average molecular weight is 435 g/mol. The topological polar surface area (TPSA) is 75.3 Å². The zero-order valence-electron chi connectivity index (χ0n) is 16.6. The smallest absolute Gasteiger partial charge is 0.258 e. The Labute approximate surface area is 174 Å². The molecule has 1 amide bonds. The molecule has 0 saturated heterocycles. The van der Waals surface area contributed by atoms with Crippen LogP contribution < -0.4 is 10.0 Å². The molecule has 0 heterocycles. The van der Waals surface area contributed by atoms with E-state index in [9.17, 15) is 22.0 Å². The van der Waals surface area contributed by atoms with E-state index < -0.39 is 33.1 Å². The number of rotatable bonds is 6. The average Bonchev–Trinajstić information content (AvgIpc) is 3.33. The number of fused-ring (bicyclic) bond motifs is 2. The van der Waals surface area contributed by atoms with Crippen molar-refractivity contribution in [2.75, 3.05) is 5.32 Å². The molecule has 4 rings (SSSR count). The molecule has 2 saturated carbocycles.